The number of nitriles is 1. The molecule has 4 nitrogen and oxygen atoms in total. The molecule has 0 spiro atoms. The van der Waals surface area contributed by atoms with Gasteiger partial charge in [0.1, 0.15) is 6.07 Å². The number of nitrogens with zero attached hydrogens (tertiary/aromatic N) is 2. The van der Waals surface area contributed by atoms with Crippen LogP contribution in [0.2, 0.25) is 0 Å². The second kappa shape index (κ2) is 7.16. The van der Waals surface area contributed by atoms with Gasteiger partial charge in [0.05, 0.1) is 11.3 Å². The average Bonchev–Trinajstić information content (AvgIpc) is 3.06. The molecule has 0 amide bonds. The van der Waals surface area contributed by atoms with Gasteiger partial charge in [-0.05, 0) is 55.5 Å². The zero-order valence-corrected chi connectivity index (χ0v) is 14.8. The van der Waals surface area contributed by atoms with E-state index in [1.807, 2.05) is 11.3 Å². The Morgan fingerprint density at radius 1 is 1.46 bits per heavy atom. The minimum absolute atomic E-state index is 0.0107. The van der Waals surface area contributed by atoms with Crippen molar-refractivity contribution in [1.29, 1.82) is 5.26 Å². The van der Waals surface area contributed by atoms with Gasteiger partial charge in [0.25, 0.3) is 0 Å². The topological polar surface area (TPSA) is 56.1 Å². The van der Waals surface area contributed by atoms with Crippen molar-refractivity contribution in [2.45, 2.75) is 32.9 Å². The molecule has 2 heterocycles. The monoisotopic (exact) mass is 339 g/mol. The lowest BCUT2D eigenvalue weighted by Gasteiger charge is -2.32. The fourth-order valence-corrected chi connectivity index (χ4v) is 3.93. The van der Waals surface area contributed by atoms with Crippen molar-refractivity contribution in [2.24, 2.45) is 0 Å². The summed E-state index contributed by atoms with van der Waals surface area (Å²) in [6, 6.07) is 9.96. The zero-order chi connectivity index (χ0) is 17.1. The lowest BCUT2D eigenvalue weighted by Crippen LogP contribution is -2.40. The van der Waals surface area contributed by atoms with E-state index in [1.165, 1.54) is 10.4 Å². The van der Waals surface area contributed by atoms with E-state index in [0.29, 0.717) is 17.2 Å². The van der Waals surface area contributed by atoms with Crippen LogP contribution < -0.4 is 5.32 Å². The molecule has 0 bridgehead atoms. The maximum atomic E-state index is 11.6. The predicted molar refractivity (Wildman–Crippen MR) is 97.5 cm³/mol. The largest absolute Gasteiger partial charge is 0.382 e. The van der Waals surface area contributed by atoms with Gasteiger partial charge in [-0.3, -0.25) is 9.69 Å². The normalized spacial score (nSPS) is 15.4. The lowest BCUT2D eigenvalue weighted by atomic mass is 10.1. The van der Waals surface area contributed by atoms with Crippen LogP contribution in [-0.2, 0) is 13.0 Å². The molecule has 2 aromatic rings. The van der Waals surface area contributed by atoms with Crippen LogP contribution >= 0.6 is 11.3 Å². The Morgan fingerprint density at radius 2 is 2.29 bits per heavy atom. The molecule has 1 aromatic carbocycles. The summed E-state index contributed by atoms with van der Waals surface area (Å²) < 4.78 is 0. The number of rotatable bonds is 5. The van der Waals surface area contributed by atoms with Crippen molar-refractivity contribution >= 4 is 22.8 Å². The first-order valence-electron chi connectivity index (χ1n) is 8.16. The van der Waals surface area contributed by atoms with Crippen molar-refractivity contribution in [3.8, 4) is 6.07 Å². The van der Waals surface area contributed by atoms with Crippen LogP contribution in [0.15, 0.2) is 29.6 Å². The number of thiophene rings is 1. The third kappa shape index (κ3) is 3.50. The molecule has 0 saturated carbocycles. The van der Waals surface area contributed by atoms with E-state index in [0.717, 1.165) is 31.7 Å². The summed E-state index contributed by atoms with van der Waals surface area (Å²) in [7, 11) is 0. The highest BCUT2D eigenvalue weighted by molar-refractivity contribution is 7.10. The molecular weight excluding hydrogens is 318 g/mol. The van der Waals surface area contributed by atoms with E-state index in [2.05, 4.69) is 34.7 Å². The number of anilines is 1. The van der Waals surface area contributed by atoms with Gasteiger partial charge in [0.2, 0.25) is 0 Å². The fraction of sp³-hybridized carbons (Fsp3) is 0.368. The summed E-state index contributed by atoms with van der Waals surface area (Å²) >= 11 is 1.85. The Hall–Kier alpha value is -2.16. The van der Waals surface area contributed by atoms with E-state index in [-0.39, 0.29) is 5.78 Å². The highest BCUT2D eigenvalue weighted by atomic mass is 32.1. The van der Waals surface area contributed by atoms with E-state index >= 15 is 0 Å². The molecule has 1 unspecified atom stereocenters. The van der Waals surface area contributed by atoms with Crippen molar-refractivity contribution < 1.29 is 4.79 Å². The lowest BCUT2D eigenvalue weighted by molar-refractivity contribution is 0.101. The van der Waals surface area contributed by atoms with Crippen molar-refractivity contribution in [3.63, 3.8) is 0 Å². The Labute approximate surface area is 146 Å². The molecule has 3 rings (SSSR count). The third-order valence-corrected chi connectivity index (χ3v) is 5.62. The minimum Gasteiger partial charge on any atom is -0.382 e. The Balaban J connectivity index is 1.66. The predicted octanol–water partition coefficient (Wildman–Crippen LogP) is 3.68. The first-order chi connectivity index (χ1) is 11.6. The molecule has 1 atom stereocenters. The second-order valence-corrected chi connectivity index (χ2v) is 7.25. The summed E-state index contributed by atoms with van der Waals surface area (Å²) in [5.74, 6) is 0.0107. The number of carbonyl (C=O) groups is 1. The molecule has 1 aliphatic heterocycles. The molecule has 0 fully saturated rings. The number of Topliss-reactive ketones (excluding diaryl/α,β-unsaturated/α-hetero) is 1. The van der Waals surface area contributed by atoms with E-state index in [9.17, 15) is 10.1 Å². The van der Waals surface area contributed by atoms with Crippen LogP contribution in [0.1, 0.15) is 40.2 Å². The van der Waals surface area contributed by atoms with Gasteiger partial charge in [-0.25, -0.2) is 0 Å². The molecule has 0 aliphatic carbocycles. The Kier molecular flexibility index (Phi) is 4.98. The third-order valence-electron chi connectivity index (χ3n) is 4.60. The van der Waals surface area contributed by atoms with Crippen LogP contribution in [0.5, 0.6) is 0 Å². The van der Waals surface area contributed by atoms with Crippen LogP contribution in [0.4, 0.5) is 5.69 Å². The molecule has 1 N–H and O–H groups in total. The Bertz CT molecular complexity index is 790. The summed E-state index contributed by atoms with van der Waals surface area (Å²) in [4.78, 5) is 15.5. The van der Waals surface area contributed by atoms with E-state index in [1.54, 1.807) is 25.1 Å². The summed E-state index contributed by atoms with van der Waals surface area (Å²) in [5.41, 5.74) is 3.38. The quantitative estimate of drug-likeness (QED) is 0.844. The van der Waals surface area contributed by atoms with Gasteiger partial charge in [-0.2, -0.15) is 5.26 Å². The average molecular weight is 339 g/mol. The van der Waals surface area contributed by atoms with Crippen LogP contribution in [0.25, 0.3) is 0 Å². The van der Waals surface area contributed by atoms with Gasteiger partial charge in [-0.1, -0.05) is 0 Å². The fourth-order valence-electron chi connectivity index (χ4n) is 3.04. The van der Waals surface area contributed by atoms with E-state index in [4.69, 9.17) is 0 Å². The number of ketones is 1. The molecule has 0 saturated heterocycles. The van der Waals surface area contributed by atoms with Gasteiger partial charge >= 0.3 is 0 Å². The number of benzene rings is 1. The molecule has 5 heteroatoms. The smallest absolute Gasteiger partial charge is 0.159 e. The molecule has 1 aromatic heterocycles. The summed E-state index contributed by atoms with van der Waals surface area (Å²) in [6.45, 7) is 6.54. The van der Waals surface area contributed by atoms with Crippen molar-refractivity contribution in [1.82, 2.24) is 4.90 Å². The molecule has 1 aliphatic rings. The summed E-state index contributed by atoms with van der Waals surface area (Å²) in [5, 5.41) is 14.8. The number of nitrogens with one attached hydrogen (secondary N) is 1. The number of hydrogen-bond acceptors (Lipinski definition) is 5. The van der Waals surface area contributed by atoms with Crippen LogP contribution in [0.3, 0.4) is 0 Å². The molecule has 124 valence electrons. The second-order valence-electron chi connectivity index (χ2n) is 6.25. The highest BCUT2D eigenvalue weighted by Gasteiger charge is 2.21. The minimum atomic E-state index is 0.0107. The standard InChI is InChI=1S/C19H21N3OS/c1-13(22-7-5-19-17(12-22)6-8-24-19)11-21-18-9-15(14(2)23)3-4-16(18)10-20/h3-4,6,8-9,13,21H,5,7,11-12H2,1-2H3. The van der Waals surface area contributed by atoms with E-state index < -0.39 is 0 Å². The molecular formula is C19H21N3OS. The van der Waals surface area contributed by atoms with Crippen molar-refractivity contribution in [2.75, 3.05) is 18.4 Å². The SMILES string of the molecule is CC(=O)c1ccc(C#N)c(NCC(C)N2CCc3sccc3C2)c1. The number of hydrogen-bond donors (Lipinski definition) is 1. The number of carbonyl (C=O) groups excluding carboxylic acids is 1. The van der Waals surface area contributed by atoms with Gasteiger partial charge in [0.15, 0.2) is 5.78 Å². The van der Waals surface area contributed by atoms with Gasteiger partial charge in [0, 0.05) is 36.1 Å². The maximum absolute atomic E-state index is 11.6. The number of fused-ring (bicyclic) bond motifs is 1. The van der Waals surface area contributed by atoms with Crippen LogP contribution in [0, 0.1) is 11.3 Å². The molecule has 24 heavy (non-hydrogen) atoms. The van der Waals surface area contributed by atoms with Crippen molar-refractivity contribution in [3.05, 3.63) is 51.2 Å². The zero-order valence-electron chi connectivity index (χ0n) is 14.0. The maximum Gasteiger partial charge on any atom is 0.159 e. The first-order valence-corrected chi connectivity index (χ1v) is 9.04. The molecule has 0 radical (unpaired) electrons. The Morgan fingerprint density at radius 3 is 3.04 bits per heavy atom. The first kappa shape index (κ1) is 16.7. The van der Waals surface area contributed by atoms with Gasteiger partial charge < -0.3 is 5.32 Å². The van der Waals surface area contributed by atoms with Crippen LogP contribution in [-0.4, -0.2) is 29.8 Å². The highest BCUT2D eigenvalue weighted by Crippen LogP contribution is 2.25. The summed E-state index contributed by atoms with van der Waals surface area (Å²) in [6.07, 6.45) is 1.11. The van der Waals surface area contributed by atoms with Gasteiger partial charge in [-0.15, -0.1) is 11.3 Å².